The van der Waals surface area contributed by atoms with Crippen LogP contribution in [0.15, 0.2) is 42.5 Å². The summed E-state index contributed by atoms with van der Waals surface area (Å²) < 4.78 is 2.05. The second-order valence-corrected chi connectivity index (χ2v) is 8.48. The molecule has 0 bridgehead atoms. The highest BCUT2D eigenvalue weighted by atomic mass is 35.5. The second kappa shape index (κ2) is 8.84. The van der Waals surface area contributed by atoms with Crippen molar-refractivity contribution in [1.29, 1.82) is 0 Å². The van der Waals surface area contributed by atoms with Crippen molar-refractivity contribution in [3.8, 4) is 0 Å². The summed E-state index contributed by atoms with van der Waals surface area (Å²) in [4.78, 5) is 14.8. The maximum atomic E-state index is 13.0. The minimum Gasteiger partial charge on any atom is -0.314 e. The summed E-state index contributed by atoms with van der Waals surface area (Å²) in [5, 5.41) is 13.1. The third-order valence-corrected chi connectivity index (χ3v) is 6.19. The van der Waals surface area contributed by atoms with Crippen LogP contribution in [-0.4, -0.2) is 32.2 Å². The van der Waals surface area contributed by atoms with Gasteiger partial charge in [0.15, 0.2) is 5.82 Å². The van der Waals surface area contributed by atoms with Gasteiger partial charge in [-0.3, -0.25) is 0 Å². The molecule has 1 N–H and O–H groups in total. The van der Waals surface area contributed by atoms with E-state index in [0.717, 1.165) is 30.1 Å². The predicted octanol–water partition coefficient (Wildman–Crippen LogP) is 5.96. The predicted molar refractivity (Wildman–Crippen MR) is 119 cm³/mol. The fourth-order valence-electron chi connectivity index (χ4n) is 3.66. The molecule has 2 heterocycles. The number of nitrogens with zero attached hydrogens (tertiary/aromatic N) is 4. The summed E-state index contributed by atoms with van der Waals surface area (Å²) in [6, 6.07) is 12.4. The molecule has 1 atom stereocenters. The van der Waals surface area contributed by atoms with Crippen molar-refractivity contribution in [2.45, 2.75) is 32.4 Å². The normalized spacial score (nSPS) is 16.1. The van der Waals surface area contributed by atoms with Gasteiger partial charge in [0.2, 0.25) is 0 Å². The minimum absolute atomic E-state index is 0.152. The third kappa shape index (κ3) is 4.41. The van der Waals surface area contributed by atoms with Crippen LogP contribution < -0.4 is 5.32 Å². The highest BCUT2D eigenvalue weighted by Crippen LogP contribution is 2.33. The molecule has 156 valence electrons. The molecule has 1 aromatic heterocycles. The van der Waals surface area contributed by atoms with Gasteiger partial charge in [-0.05, 0) is 55.7 Å². The van der Waals surface area contributed by atoms with Crippen LogP contribution in [0.25, 0.3) is 0 Å². The highest BCUT2D eigenvalue weighted by molar-refractivity contribution is 6.42. The molecular formula is C21H20Cl3N5O. The van der Waals surface area contributed by atoms with Gasteiger partial charge in [-0.25, -0.2) is 4.79 Å². The molecule has 3 aromatic rings. The van der Waals surface area contributed by atoms with Crippen molar-refractivity contribution in [3.63, 3.8) is 0 Å². The largest absolute Gasteiger partial charge is 0.322 e. The molecule has 1 saturated heterocycles. The Morgan fingerprint density at radius 3 is 2.60 bits per heavy atom. The topological polar surface area (TPSA) is 63.1 Å². The average molecular weight is 465 g/mol. The van der Waals surface area contributed by atoms with E-state index in [2.05, 4.69) is 20.1 Å². The van der Waals surface area contributed by atoms with Crippen LogP contribution in [-0.2, 0) is 6.54 Å². The molecule has 0 spiro atoms. The average Bonchev–Trinajstić information content (AvgIpc) is 3.34. The number of urea groups is 1. The first kappa shape index (κ1) is 21.0. The number of nitrogens with one attached hydrogen (secondary N) is 1. The lowest BCUT2D eigenvalue weighted by Crippen LogP contribution is -2.35. The Morgan fingerprint density at radius 1 is 1.10 bits per heavy atom. The summed E-state index contributed by atoms with van der Waals surface area (Å²) >= 11 is 18.0. The maximum absolute atomic E-state index is 13.0. The van der Waals surface area contributed by atoms with E-state index in [-0.39, 0.29) is 12.1 Å². The maximum Gasteiger partial charge on any atom is 0.322 e. The van der Waals surface area contributed by atoms with Gasteiger partial charge in [-0.2, -0.15) is 0 Å². The van der Waals surface area contributed by atoms with E-state index < -0.39 is 0 Å². The summed E-state index contributed by atoms with van der Waals surface area (Å²) in [5.74, 6) is 1.58. The smallest absolute Gasteiger partial charge is 0.314 e. The highest BCUT2D eigenvalue weighted by Gasteiger charge is 2.34. The number of carbonyl (C=O) groups excluding carboxylic acids is 1. The Balaban J connectivity index is 1.55. The number of rotatable bonds is 4. The summed E-state index contributed by atoms with van der Waals surface area (Å²) in [6.07, 6.45) is 1.72. The van der Waals surface area contributed by atoms with Gasteiger partial charge in [0.05, 0.1) is 22.6 Å². The minimum atomic E-state index is -0.199. The lowest BCUT2D eigenvalue weighted by Gasteiger charge is -2.25. The van der Waals surface area contributed by atoms with Crippen LogP contribution >= 0.6 is 34.8 Å². The van der Waals surface area contributed by atoms with Crippen LogP contribution in [0.2, 0.25) is 15.1 Å². The van der Waals surface area contributed by atoms with Gasteiger partial charge >= 0.3 is 6.03 Å². The molecule has 0 saturated carbocycles. The zero-order chi connectivity index (χ0) is 21.3. The molecule has 4 rings (SSSR count). The van der Waals surface area contributed by atoms with Crippen molar-refractivity contribution in [3.05, 3.63) is 74.7 Å². The Hall–Kier alpha value is -2.28. The number of aryl methyl sites for hydroxylation is 1. The van der Waals surface area contributed by atoms with Gasteiger partial charge in [0.25, 0.3) is 0 Å². The zero-order valence-electron chi connectivity index (χ0n) is 16.3. The van der Waals surface area contributed by atoms with Crippen molar-refractivity contribution >= 4 is 46.5 Å². The number of halogens is 3. The fraction of sp³-hybridized carbons (Fsp3) is 0.286. The van der Waals surface area contributed by atoms with E-state index in [0.29, 0.717) is 33.8 Å². The molecule has 0 aliphatic carbocycles. The Labute approximate surface area is 189 Å². The molecule has 0 radical (unpaired) electrons. The molecular weight excluding hydrogens is 445 g/mol. The van der Waals surface area contributed by atoms with Gasteiger partial charge in [-0.1, -0.05) is 46.9 Å². The molecule has 2 aromatic carbocycles. The van der Waals surface area contributed by atoms with Gasteiger partial charge in [0, 0.05) is 17.3 Å². The first-order valence-corrected chi connectivity index (χ1v) is 10.7. The van der Waals surface area contributed by atoms with Gasteiger partial charge in [0.1, 0.15) is 5.82 Å². The van der Waals surface area contributed by atoms with E-state index >= 15 is 0 Å². The van der Waals surface area contributed by atoms with Gasteiger partial charge < -0.3 is 14.8 Å². The molecule has 6 nitrogen and oxygen atoms in total. The van der Waals surface area contributed by atoms with Crippen LogP contribution in [0.4, 0.5) is 10.5 Å². The van der Waals surface area contributed by atoms with Crippen LogP contribution in [0.3, 0.4) is 0 Å². The number of amides is 2. The van der Waals surface area contributed by atoms with Crippen LogP contribution in [0.1, 0.15) is 36.1 Å². The first-order valence-electron chi connectivity index (χ1n) is 9.59. The number of aromatic nitrogens is 3. The van der Waals surface area contributed by atoms with Crippen molar-refractivity contribution in [2.75, 3.05) is 11.9 Å². The number of benzene rings is 2. The molecule has 1 aliphatic heterocycles. The fourth-order valence-corrected chi connectivity index (χ4v) is 4.08. The van der Waals surface area contributed by atoms with E-state index in [9.17, 15) is 4.79 Å². The van der Waals surface area contributed by atoms with Crippen LogP contribution in [0.5, 0.6) is 0 Å². The Bertz CT molecular complexity index is 1070. The summed E-state index contributed by atoms with van der Waals surface area (Å²) in [7, 11) is 0. The molecule has 0 unspecified atom stereocenters. The van der Waals surface area contributed by atoms with Gasteiger partial charge in [-0.15, -0.1) is 10.2 Å². The lowest BCUT2D eigenvalue weighted by atomic mass is 10.2. The van der Waals surface area contributed by atoms with E-state index in [1.54, 1.807) is 23.1 Å². The summed E-state index contributed by atoms with van der Waals surface area (Å²) in [5.41, 5.74) is 1.69. The third-order valence-electron chi connectivity index (χ3n) is 5.20. The van der Waals surface area contributed by atoms with Crippen molar-refractivity contribution in [2.24, 2.45) is 0 Å². The molecule has 1 aliphatic rings. The van der Waals surface area contributed by atoms with E-state index in [1.807, 2.05) is 31.2 Å². The standard InChI is InChI=1S/C21H20Cl3N5O/c1-13-26-27-20(29(13)12-14-4-6-15(22)7-5-14)19-3-2-10-28(19)21(30)25-16-8-9-17(23)18(24)11-16/h4-9,11,19H,2-3,10,12H2,1H3,(H,25,30)/t19-/m1/s1. The van der Waals surface area contributed by atoms with E-state index in [1.165, 1.54) is 0 Å². The quantitative estimate of drug-likeness (QED) is 0.518. The summed E-state index contributed by atoms with van der Waals surface area (Å²) in [6.45, 7) is 3.18. The Morgan fingerprint density at radius 2 is 1.87 bits per heavy atom. The number of hydrogen-bond acceptors (Lipinski definition) is 3. The molecule has 1 fully saturated rings. The number of carbonyl (C=O) groups is 1. The molecule has 9 heteroatoms. The van der Waals surface area contributed by atoms with Crippen molar-refractivity contribution in [1.82, 2.24) is 19.7 Å². The van der Waals surface area contributed by atoms with E-state index in [4.69, 9.17) is 34.8 Å². The zero-order valence-corrected chi connectivity index (χ0v) is 18.5. The lowest BCUT2D eigenvalue weighted by molar-refractivity contribution is 0.204. The van der Waals surface area contributed by atoms with Crippen LogP contribution in [0, 0.1) is 6.92 Å². The first-order chi connectivity index (χ1) is 14.4. The van der Waals surface area contributed by atoms with Crippen molar-refractivity contribution < 1.29 is 4.79 Å². The second-order valence-electron chi connectivity index (χ2n) is 7.23. The monoisotopic (exact) mass is 463 g/mol. The number of anilines is 1. The SMILES string of the molecule is Cc1nnc([C@H]2CCCN2C(=O)Nc2ccc(Cl)c(Cl)c2)n1Cc1ccc(Cl)cc1. The number of hydrogen-bond donors (Lipinski definition) is 1. The molecule has 30 heavy (non-hydrogen) atoms. The Kier molecular flexibility index (Phi) is 6.18. The number of likely N-dealkylation sites (tertiary alicyclic amines) is 1. The molecule has 2 amide bonds.